The van der Waals surface area contributed by atoms with Gasteiger partial charge in [0.2, 0.25) is 0 Å². The molecular weight excluding hydrogens is 379 g/mol. The standard InChI is InChI=1S/C21H45O4PS/c1-3-4-5-6-7-8-9-10-11-12-13-14-15-16-18-25-21(20-24-2)17-19-26(22,23)27/h21H,3-20H2,1-2H3,(H2,22,23,27). The average molecular weight is 425 g/mol. The maximum Gasteiger partial charge on any atom is 0.183 e. The van der Waals surface area contributed by atoms with Crippen LogP contribution in [0.1, 0.15) is 103 Å². The van der Waals surface area contributed by atoms with Crippen molar-refractivity contribution < 1.29 is 19.3 Å². The van der Waals surface area contributed by atoms with Crippen molar-refractivity contribution in [3.05, 3.63) is 0 Å². The Balaban J connectivity index is 3.36. The summed E-state index contributed by atoms with van der Waals surface area (Å²) in [6.45, 7) is 0.346. The Kier molecular flexibility index (Phi) is 20.2. The lowest BCUT2D eigenvalue weighted by atomic mass is 10.0. The number of methoxy groups -OCH3 is 1. The highest BCUT2D eigenvalue weighted by molar-refractivity contribution is 8.09. The second kappa shape index (κ2) is 19.8. The van der Waals surface area contributed by atoms with Crippen molar-refractivity contribution >= 4 is 18.3 Å². The Bertz CT molecular complexity index is 349. The van der Waals surface area contributed by atoms with Gasteiger partial charge in [-0.05, 0) is 24.6 Å². The zero-order valence-corrected chi connectivity index (χ0v) is 19.6. The van der Waals surface area contributed by atoms with Gasteiger partial charge in [0.05, 0.1) is 12.7 Å². The van der Waals surface area contributed by atoms with Gasteiger partial charge in [0.25, 0.3) is 0 Å². The van der Waals surface area contributed by atoms with E-state index in [0.717, 1.165) is 6.42 Å². The van der Waals surface area contributed by atoms with Crippen LogP contribution in [0.3, 0.4) is 0 Å². The molecule has 0 saturated carbocycles. The summed E-state index contributed by atoms with van der Waals surface area (Å²) in [5, 5.41) is 0. The molecule has 4 nitrogen and oxygen atoms in total. The number of hydrogen-bond acceptors (Lipinski definition) is 3. The molecule has 1 unspecified atom stereocenters. The fourth-order valence-corrected chi connectivity index (χ4v) is 4.20. The van der Waals surface area contributed by atoms with Crippen molar-refractivity contribution in [2.75, 3.05) is 26.5 Å². The molecule has 0 fully saturated rings. The molecule has 0 aliphatic heterocycles. The van der Waals surface area contributed by atoms with Gasteiger partial charge in [-0.15, -0.1) is 0 Å². The van der Waals surface area contributed by atoms with Gasteiger partial charge in [0, 0.05) is 19.9 Å². The predicted molar refractivity (Wildman–Crippen MR) is 120 cm³/mol. The summed E-state index contributed by atoms with van der Waals surface area (Å²) >= 11 is 4.66. The van der Waals surface area contributed by atoms with E-state index in [-0.39, 0.29) is 12.3 Å². The van der Waals surface area contributed by atoms with Crippen LogP contribution in [-0.4, -0.2) is 42.4 Å². The van der Waals surface area contributed by atoms with Crippen molar-refractivity contribution in [2.24, 2.45) is 0 Å². The lowest BCUT2D eigenvalue weighted by Gasteiger charge is -2.18. The summed E-state index contributed by atoms with van der Waals surface area (Å²) in [5.74, 6) is 0. The zero-order chi connectivity index (χ0) is 20.2. The monoisotopic (exact) mass is 424 g/mol. The first kappa shape index (κ1) is 27.5. The van der Waals surface area contributed by atoms with Crippen LogP contribution < -0.4 is 0 Å². The highest BCUT2D eigenvalue weighted by Crippen LogP contribution is 2.36. The fraction of sp³-hybridized carbons (Fsp3) is 1.00. The Morgan fingerprint density at radius 1 is 0.778 bits per heavy atom. The van der Waals surface area contributed by atoms with Gasteiger partial charge in [-0.3, -0.25) is 0 Å². The van der Waals surface area contributed by atoms with Gasteiger partial charge < -0.3 is 19.3 Å². The van der Waals surface area contributed by atoms with E-state index in [1.54, 1.807) is 7.11 Å². The molecule has 0 aromatic rings. The summed E-state index contributed by atoms with van der Waals surface area (Å²) in [7, 11) is 1.64. The molecule has 1 atom stereocenters. The maximum atomic E-state index is 9.32. The minimum absolute atomic E-state index is 0.0846. The highest BCUT2D eigenvalue weighted by atomic mass is 32.5. The molecule has 27 heavy (non-hydrogen) atoms. The average Bonchev–Trinajstić information content (AvgIpc) is 2.62. The van der Waals surface area contributed by atoms with E-state index < -0.39 is 6.49 Å². The molecule has 0 saturated heterocycles. The highest BCUT2D eigenvalue weighted by Gasteiger charge is 2.14. The zero-order valence-electron chi connectivity index (χ0n) is 17.9. The molecule has 0 aromatic carbocycles. The SMILES string of the molecule is CCCCCCCCCCCCCCCCOC(CCP(O)(O)=S)COC. The second-order valence-corrected chi connectivity index (χ2v) is 11.3. The Labute approximate surface area is 173 Å². The largest absolute Gasteiger partial charge is 0.382 e. The molecule has 0 aliphatic rings. The molecule has 2 N–H and O–H groups in total. The lowest BCUT2D eigenvalue weighted by molar-refractivity contribution is -0.00489. The van der Waals surface area contributed by atoms with E-state index in [0.29, 0.717) is 19.6 Å². The van der Waals surface area contributed by atoms with E-state index in [1.807, 2.05) is 0 Å². The van der Waals surface area contributed by atoms with Crippen LogP contribution in [-0.2, 0) is 21.3 Å². The van der Waals surface area contributed by atoms with Crippen LogP contribution in [0.2, 0.25) is 0 Å². The first-order valence-corrected chi connectivity index (χ1v) is 14.0. The number of hydrogen-bond donors (Lipinski definition) is 2. The van der Waals surface area contributed by atoms with Gasteiger partial charge in [0.1, 0.15) is 0 Å². The first-order chi connectivity index (χ1) is 13.0. The van der Waals surface area contributed by atoms with Gasteiger partial charge >= 0.3 is 0 Å². The molecule has 0 rings (SSSR count). The van der Waals surface area contributed by atoms with Crippen molar-refractivity contribution in [1.29, 1.82) is 0 Å². The topological polar surface area (TPSA) is 58.9 Å². The minimum Gasteiger partial charge on any atom is -0.382 e. The first-order valence-electron chi connectivity index (χ1n) is 11.1. The predicted octanol–water partition coefficient (Wildman–Crippen LogP) is 6.18. The molecule has 0 aliphatic carbocycles. The van der Waals surface area contributed by atoms with Crippen LogP contribution in [0.25, 0.3) is 0 Å². The van der Waals surface area contributed by atoms with Crippen molar-refractivity contribution in [1.82, 2.24) is 0 Å². The minimum atomic E-state index is -3.12. The summed E-state index contributed by atoms with van der Waals surface area (Å²) in [6, 6.07) is 0. The third-order valence-electron chi connectivity index (χ3n) is 4.95. The van der Waals surface area contributed by atoms with Gasteiger partial charge in [0.15, 0.2) is 6.49 Å². The van der Waals surface area contributed by atoms with Crippen LogP contribution in [0.5, 0.6) is 0 Å². The number of rotatable bonds is 21. The number of ether oxygens (including phenoxy) is 2. The molecule has 6 heteroatoms. The molecular formula is C21H45O4PS. The van der Waals surface area contributed by atoms with E-state index in [2.05, 4.69) is 18.7 Å². The van der Waals surface area contributed by atoms with Crippen molar-refractivity contribution in [2.45, 2.75) is 109 Å². The molecule has 0 bridgehead atoms. The second-order valence-electron chi connectivity index (χ2n) is 7.72. The van der Waals surface area contributed by atoms with Crippen LogP contribution in [0.15, 0.2) is 0 Å². The normalized spacial score (nSPS) is 13.2. The van der Waals surface area contributed by atoms with E-state index in [4.69, 9.17) is 9.47 Å². The van der Waals surface area contributed by atoms with E-state index >= 15 is 0 Å². The Morgan fingerprint density at radius 2 is 1.22 bits per heavy atom. The van der Waals surface area contributed by atoms with Crippen molar-refractivity contribution in [3.63, 3.8) is 0 Å². The number of unbranched alkanes of at least 4 members (excludes halogenated alkanes) is 13. The fourth-order valence-electron chi connectivity index (χ4n) is 3.26. The molecule has 0 radical (unpaired) electrons. The molecule has 0 heterocycles. The van der Waals surface area contributed by atoms with Crippen LogP contribution in [0.4, 0.5) is 0 Å². The molecule has 0 amide bonds. The molecule has 164 valence electrons. The van der Waals surface area contributed by atoms with E-state index in [9.17, 15) is 9.79 Å². The third-order valence-corrected chi connectivity index (χ3v) is 6.33. The van der Waals surface area contributed by atoms with E-state index in [1.165, 1.54) is 83.5 Å². The van der Waals surface area contributed by atoms with Crippen molar-refractivity contribution in [3.8, 4) is 0 Å². The van der Waals surface area contributed by atoms with Crippen LogP contribution >= 0.6 is 6.49 Å². The third kappa shape index (κ3) is 22.6. The maximum absolute atomic E-state index is 9.32. The quantitative estimate of drug-likeness (QED) is 0.170. The van der Waals surface area contributed by atoms with Gasteiger partial charge in [-0.25, -0.2) is 0 Å². The van der Waals surface area contributed by atoms with Gasteiger partial charge in [-0.2, -0.15) is 0 Å². The Morgan fingerprint density at radius 3 is 1.63 bits per heavy atom. The summed E-state index contributed by atoms with van der Waals surface area (Å²) in [6.07, 6.45) is 19.6. The smallest absolute Gasteiger partial charge is 0.183 e. The Hall–Kier alpha value is 0.490. The summed E-state index contributed by atoms with van der Waals surface area (Å²) in [5.41, 5.74) is 0. The summed E-state index contributed by atoms with van der Waals surface area (Å²) < 4.78 is 10.9. The molecule has 0 spiro atoms. The molecule has 0 aromatic heterocycles. The van der Waals surface area contributed by atoms with Gasteiger partial charge in [-0.1, -0.05) is 90.4 Å². The summed E-state index contributed by atoms with van der Waals surface area (Å²) in [4.78, 5) is 18.6. The lowest BCUT2D eigenvalue weighted by Crippen LogP contribution is -2.21. The van der Waals surface area contributed by atoms with Crippen LogP contribution in [0, 0.1) is 0 Å².